The molecule has 0 spiro atoms. The number of nitrogens with one attached hydrogen (secondary N) is 2. The third-order valence-electron chi connectivity index (χ3n) is 2.71. The minimum atomic E-state index is -0.651. The van der Waals surface area contributed by atoms with Gasteiger partial charge in [-0.15, -0.1) is 0 Å². The molecule has 1 aromatic rings. The highest BCUT2D eigenvalue weighted by atomic mass is 35.5. The SMILES string of the molecule is CCCCCNC(=O)C(=O)Nc1ccc(Cl)cc1C. The summed E-state index contributed by atoms with van der Waals surface area (Å²) in [6.07, 6.45) is 3.00. The Balaban J connectivity index is 2.47. The molecule has 0 unspecified atom stereocenters. The minimum absolute atomic E-state index is 0.527. The lowest BCUT2D eigenvalue weighted by Gasteiger charge is -2.08. The van der Waals surface area contributed by atoms with Gasteiger partial charge in [-0.3, -0.25) is 9.59 Å². The fourth-order valence-electron chi connectivity index (χ4n) is 1.60. The summed E-state index contributed by atoms with van der Waals surface area (Å²) in [5, 5.41) is 5.76. The number of hydrogen-bond donors (Lipinski definition) is 2. The summed E-state index contributed by atoms with van der Waals surface area (Å²) in [6.45, 7) is 4.43. The number of benzene rings is 1. The van der Waals surface area contributed by atoms with E-state index in [0.717, 1.165) is 24.8 Å². The van der Waals surface area contributed by atoms with E-state index in [1.807, 2.05) is 6.92 Å². The van der Waals surface area contributed by atoms with Crippen LogP contribution in [0.2, 0.25) is 5.02 Å². The number of rotatable bonds is 5. The first-order valence-electron chi connectivity index (χ1n) is 6.40. The van der Waals surface area contributed by atoms with E-state index >= 15 is 0 Å². The fraction of sp³-hybridized carbons (Fsp3) is 0.429. The summed E-state index contributed by atoms with van der Waals surface area (Å²) in [4.78, 5) is 23.2. The quantitative estimate of drug-likeness (QED) is 0.644. The third-order valence-corrected chi connectivity index (χ3v) is 2.94. The molecule has 1 aromatic carbocycles. The molecule has 104 valence electrons. The molecule has 1 rings (SSSR count). The molecule has 2 N–H and O–H groups in total. The molecule has 5 heteroatoms. The summed E-state index contributed by atoms with van der Waals surface area (Å²) in [5.74, 6) is -1.26. The van der Waals surface area contributed by atoms with Crippen LogP contribution >= 0.6 is 11.6 Å². The highest BCUT2D eigenvalue weighted by molar-refractivity contribution is 6.39. The zero-order valence-electron chi connectivity index (χ0n) is 11.3. The molecule has 0 aromatic heterocycles. The van der Waals surface area contributed by atoms with Crippen molar-refractivity contribution >= 4 is 29.1 Å². The van der Waals surface area contributed by atoms with E-state index in [2.05, 4.69) is 17.6 Å². The van der Waals surface area contributed by atoms with Gasteiger partial charge in [-0.25, -0.2) is 0 Å². The van der Waals surface area contributed by atoms with Crippen LogP contribution in [0.3, 0.4) is 0 Å². The van der Waals surface area contributed by atoms with Crippen LogP contribution in [-0.2, 0) is 9.59 Å². The molecule has 0 saturated heterocycles. The Hall–Kier alpha value is -1.55. The average molecular weight is 283 g/mol. The first-order chi connectivity index (χ1) is 9.04. The number of unbranched alkanes of at least 4 members (excludes halogenated alkanes) is 2. The van der Waals surface area contributed by atoms with Crippen molar-refractivity contribution in [3.8, 4) is 0 Å². The number of amides is 2. The van der Waals surface area contributed by atoms with E-state index in [9.17, 15) is 9.59 Å². The molecule has 2 amide bonds. The lowest BCUT2D eigenvalue weighted by molar-refractivity contribution is -0.136. The van der Waals surface area contributed by atoms with Gasteiger partial charge in [0.1, 0.15) is 0 Å². The van der Waals surface area contributed by atoms with Crippen LogP contribution in [0.15, 0.2) is 18.2 Å². The molecule has 0 atom stereocenters. The molecule has 0 bridgehead atoms. The van der Waals surface area contributed by atoms with Gasteiger partial charge in [-0.05, 0) is 37.1 Å². The smallest absolute Gasteiger partial charge is 0.313 e. The number of anilines is 1. The van der Waals surface area contributed by atoms with E-state index in [0.29, 0.717) is 17.3 Å². The molecule has 0 radical (unpaired) electrons. The second-order valence-electron chi connectivity index (χ2n) is 4.38. The normalized spacial score (nSPS) is 10.1. The van der Waals surface area contributed by atoms with Gasteiger partial charge in [0.15, 0.2) is 0 Å². The van der Waals surface area contributed by atoms with Gasteiger partial charge in [0, 0.05) is 17.3 Å². The van der Waals surface area contributed by atoms with E-state index in [1.54, 1.807) is 18.2 Å². The molecule has 0 fully saturated rings. The van der Waals surface area contributed by atoms with E-state index in [-0.39, 0.29) is 0 Å². The van der Waals surface area contributed by atoms with Crippen molar-refractivity contribution in [3.05, 3.63) is 28.8 Å². The first-order valence-corrected chi connectivity index (χ1v) is 6.77. The van der Waals surface area contributed by atoms with Crippen molar-refractivity contribution in [2.24, 2.45) is 0 Å². The predicted octanol–water partition coefficient (Wildman–Crippen LogP) is 2.89. The van der Waals surface area contributed by atoms with Gasteiger partial charge in [0.05, 0.1) is 0 Å². The number of halogens is 1. The third kappa shape index (κ3) is 5.30. The molecule has 0 heterocycles. The Morgan fingerprint density at radius 3 is 2.58 bits per heavy atom. The van der Waals surface area contributed by atoms with E-state index < -0.39 is 11.8 Å². The number of aryl methyl sites for hydroxylation is 1. The summed E-state index contributed by atoms with van der Waals surface area (Å²) in [7, 11) is 0. The maximum Gasteiger partial charge on any atom is 0.313 e. The van der Waals surface area contributed by atoms with E-state index in [4.69, 9.17) is 11.6 Å². The van der Waals surface area contributed by atoms with Crippen LogP contribution in [0.25, 0.3) is 0 Å². The number of hydrogen-bond acceptors (Lipinski definition) is 2. The summed E-state index contributed by atoms with van der Waals surface area (Å²) in [6, 6.07) is 5.08. The van der Waals surface area contributed by atoms with Gasteiger partial charge >= 0.3 is 11.8 Å². The van der Waals surface area contributed by atoms with Crippen molar-refractivity contribution in [1.82, 2.24) is 5.32 Å². The van der Waals surface area contributed by atoms with Crippen LogP contribution in [0.4, 0.5) is 5.69 Å². The van der Waals surface area contributed by atoms with Crippen molar-refractivity contribution in [2.45, 2.75) is 33.1 Å². The van der Waals surface area contributed by atoms with Crippen molar-refractivity contribution in [1.29, 1.82) is 0 Å². The molecule has 19 heavy (non-hydrogen) atoms. The maximum atomic E-state index is 11.7. The highest BCUT2D eigenvalue weighted by Crippen LogP contribution is 2.19. The largest absolute Gasteiger partial charge is 0.348 e. The Morgan fingerprint density at radius 2 is 1.95 bits per heavy atom. The molecular formula is C14H19ClN2O2. The van der Waals surface area contributed by atoms with Gasteiger partial charge < -0.3 is 10.6 Å². The zero-order chi connectivity index (χ0) is 14.3. The molecule has 4 nitrogen and oxygen atoms in total. The summed E-state index contributed by atoms with van der Waals surface area (Å²) < 4.78 is 0. The maximum absolute atomic E-state index is 11.7. The van der Waals surface area contributed by atoms with Crippen LogP contribution in [0, 0.1) is 6.92 Å². The second kappa shape index (κ2) is 7.79. The molecular weight excluding hydrogens is 264 g/mol. The Morgan fingerprint density at radius 1 is 1.21 bits per heavy atom. The highest BCUT2D eigenvalue weighted by Gasteiger charge is 2.13. The predicted molar refractivity (Wildman–Crippen MR) is 77.4 cm³/mol. The Bertz CT molecular complexity index is 461. The van der Waals surface area contributed by atoms with Gasteiger partial charge in [-0.1, -0.05) is 31.4 Å². The van der Waals surface area contributed by atoms with Crippen LogP contribution < -0.4 is 10.6 Å². The monoisotopic (exact) mass is 282 g/mol. The van der Waals surface area contributed by atoms with Crippen LogP contribution in [-0.4, -0.2) is 18.4 Å². The van der Waals surface area contributed by atoms with Crippen LogP contribution in [0.1, 0.15) is 31.7 Å². The lowest BCUT2D eigenvalue weighted by Crippen LogP contribution is -2.36. The van der Waals surface area contributed by atoms with Gasteiger partial charge in [-0.2, -0.15) is 0 Å². The molecule has 0 aliphatic heterocycles. The van der Waals surface area contributed by atoms with Crippen molar-refractivity contribution in [3.63, 3.8) is 0 Å². The Labute approximate surface area is 118 Å². The van der Waals surface area contributed by atoms with Crippen molar-refractivity contribution in [2.75, 3.05) is 11.9 Å². The average Bonchev–Trinajstić information content (AvgIpc) is 2.37. The standard InChI is InChI=1S/C14H19ClN2O2/c1-3-4-5-8-16-13(18)14(19)17-12-7-6-11(15)9-10(12)2/h6-7,9H,3-5,8H2,1-2H3,(H,16,18)(H,17,19). The summed E-state index contributed by atoms with van der Waals surface area (Å²) in [5.41, 5.74) is 1.41. The molecule has 0 aliphatic carbocycles. The number of carbonyl (C=O) groups is 2. The van der Waals surface area contributed by atoms with Gasteiger partial charge in [0.25, 0.3) is 0 Å². The zero-order valence-corrected chi connectivity index (χ0v) is 12.0. The number of carbonyl (C=O) groups excluding carboxylic acids is 2. The fourth-order valence-corrected chi connectivity index (χ4v) is 1.83. The first kappa shape index (κ1) is 15.5. The lowest BCUT2D eigenvalue weighted by atomic mass is 10.2. The van der Waals surface area contributed by atoms with Gasteiger partial charge in [0.2, 0.25) is 0 Å². The van der Waals surface area contributed by atoms with E-state index in [1.165, 1.54) is 0 Å². The Kier molecular flexibility index (Phi) is 6.36. The topological polar surface area (TPSA) is 58.2 Å². The van der Waals surface area contributed by atoms with Crippen molar-refractivity contribution < 1.29 is 9.59 Å². The second-order valence-corrected chi connectivity index (χ2v) is 4.81. The summed E-state index contributed by atoms with van der Waals surface area (Å²) >= 11 is 5.82. The molecule has 0 aliphatic rings. The minimum Gasteiger partial charge on any atom is -0.348 e. The van der Waals surface area contributed by atoms with Crippen LogP contribution in [0.5, 0.6) is 0 Å². The molecule has 0 saturated carbocycles.